The van der Waals surface area contributed by atoms with Gasteiger partial charge in [0.05, 0.1) is 12.2 Å². The summed E-state index contributed by atoms with van der Waals surface area (Å²) >= 11 is 0. The van der Waals surface area contributed by atoms with E-state index in [1.54, 1.807) is 29.7 Å². The summed E-state index contributed by atoms with van der Waals surface area (Å²) < 4.78 is 30.7. The molecule has 2 aromatic carbocycles. The van der Waals surface area contributed by atoms with Crippen molar-refractivity contribution in [3.63, 3.8) is 0 Å². The molecule has 0 aliphatic heterocycles. The summed E-state index contributed by atoms with van der Waals surface area (Å²) in [5.41, 5.74) is 4.00. The van der Waals surface area contributed by atoms with Gasteiger partial charge in [-0.2, -0.15) is 0 Å². The van der Waals surface area contributed by atoms with Gasteiger partial charge in [0.25, 0.3) is 10.0 Å². The molecule has 0 unspecified atom stereocenters. The van der Waals surface area contributed by atoms with E-state index in [1.165, 1.54) is 4.31 Å². The lowest BCUT2D eigenvalue weighted by atomic mass is 10.1. The molecule has 148 valence electrons. The predicted octanol–water partition coefficient (Wildman–Crippen LogP) is 4.05. The zero-order valence-electron chi connectivity index (χ0n) is 16.6. The van der Waals surface area contributed by atoms with Gasteiger partial charge in [-0.25, -0.2) is 8.42 Å². The van der Waals surface area contributed by atoms with Gasteiger partial charge in [-0.1, -0.05) is 47.5 Å². The molecule has 6 nitrogen and oxygen atoms in total. The second kappa shape index (κ2) is 7.33. The highest BCUT2D eigenvalue weighted by atomic mass is 32.2. The van der Waals surface area contributed by atoms with E-state index < -0.39 is 10.0 Å². The van der Waals surface area contributed by atoms with Crippen LogP contribution in [0.5, 0.6) is 0 Å². The fourth-order valence-corrected chi connectivity index (χ4v) is 4.91. The van der Waals surface area contributed by atoms with Crippen molar-refractivity contribution >= 4 is 21.4 Å². The summed E-state index contributed by atoms with van der Waals surface area (Å²) in [5, 5.41) is 8.14. The van der Waals surface area contributed by atoms with Gasteiger partial charge in [0.1, 0.15) is 10.7 Å². The summed E-state index contributed by atoms with van der Waals surface area (Å²) in [6.07, 6.45) is 1.76. The summed E-state index contributed by atoms with van der Waals surface area (Å²) in [6, 6.07) is 18.6. The summed E-state index contributed by atoms with van der Waals surface area (Å²) in [6.45, 7) is 5.99. The molecule has 4 aromatic rings. The minimum absolute atomic E-state index is 0.133. The van der Waals surface area contributed by atoms with Gasteiger partial charge in [0.15, 0.2) is 5.65 Å². The van der Waals surface area contributed by atoms with Gasteiger partial charge in [-0.15, -0.1) is 10.2 Å². The number of aromatic nitrogens is 3. The van der Waals surface area contributed by atoms with Crippen LogP contribution in [0.1, 0.15) is 22.5 Å². The molecule has 0 bridgehead atoms. The summed E-state index contributed by atoms with van der Waals surface area (Å²) in [5.74, 6) is 0.637. The molecule has 4 rings (SSSR count). The molecule has 0 fully saturated rings. The largest absolute Gasteiger partial charge is 0.286 e. The van der Waals surface area contributed by atoms with Crippen molar-refractivity contribution in [2.45, 2.75) is 32.2 Å². The Balaban J connectivity index is 1.87. The third-order valence-electron chi connectivity index (χ3n) is 4.87. The third kappa shape index (κ3) is 3.61. The van der Waals surface area contributed by atoms with Crippen molar-refractivity contribution in [2.75, 3.05) is 4.31 Å². The van der Waals surface area contributed by atoms with Gasteiger partial charge in [0.2, 0.25) is 0 Å². The van der Waals surface area contributed by atoms with Crippen LogP contribution in [0.4, 0.5) is 5.69 Å². The maximum Gasteiger partial charge on any atom is 0.268 e. The zero-order chi connectivity index (χ0) is 20.6. The molecule has 0 aliphatic carbocycles. The van der Waals surface area contributed by atoms with Crippen LogP contribution in [0.15, 0.2) is 71.8 Å². The molecule has 0 spiro atoms. The highest BCUT2D eigenvalue weighted by molar-refractivity contribution is 7.93. The van der Waals surface area contributed by atoms with E-state index >= 15 is 0 Å². The Hall–Kier alpha value is -3.19. The van der Waals surface area contributed by atoms with Crippen LogP contribution in [0, 0.1) is 20.8 Å². The Morgan fingerprint density at radius 1 is 0.897 bits per heavy atom. The van der Waals surface area contributed by atoms with E-state index in [2.05, 4.69) is 10.2 Å². The lowest BCUT2D eigenvalue weighted by Crippen LogP contribution is -2.31. The number of nitrogens with zero attached hydrogens (tertiary/aromatic N) is 4. The SMILES string of the molecule is Cc1ccc(N(Cc2cccc(C)c2)S(=O)(=O)c2cccn3c(C)nnc23)cc1. The maximum atomic E-state index is 13.8. The molecule has 7 heteroatoms. The molecule has 2 heterocycles. The van der Waals surface area contributed by atoms with Crippen molar-refractivity contribution in [3.05, 3.63) is 89.4 Å². The van der Waals surface area contributed by atoms with E-state index in [0.717, 1.165) is 16.7 Å². The number of benzene rings is 2. The summed E-state index contributed by atoms with van der Waals surface area (Å²) in [4.78, 5) is 0.133. The van der Waals surface area contributed by atoms with Crippen LogP contribution >= 0.6 is 0 Å². The molecular formula is C22H22N4O2S. The van der Waals surface area contributed by atoms with Crippen LogP contribution < -0.4 is 4.31 Å². The number of rotatable bonds is 5. The standard InChI is InChI=1S/C22H22N4O2S/c1-16-9-11-20(12-10-16)26(15-19-7-4-6-17(2)14-19)29(27,28)21-8-5-13-25-18(3)23-24-22(21)25/h4-14H,15H2,1-3H3. The first-order valence-corrected chi connectivity index (χ1v) is 10.8. The topological polar surface area (TPSA) is 67.6 Å². The average Bonchev–Trinajstić information content (AvgIpc) is 3.08. The minimum atomic E-state index is -3.88. The molecule has 0 amide bonds. The quantitative estimate of drug-likeness (QED) is 0.501. The molecule has 2 aromatic heterocycles. The number of sulfonamides is 1. The number of hydrogen-bond donors (Lipinski definition) is 0. The number of fused-ring (bicyclic) bond motifs is 1. The van der Waals surface area contributed by atoms with Gasteiger partial charge >= 0.3 is 0 Å². The normalized spacial score (nSPS) is 11.7. The first-order chi connectivity index (χ1) is 13.9. The third-order valence-corrected chi connectivity index (χ3v) is 6.66. The van der Waals surface area contributed by atoms with Crippen LogP contribution in [0.2, 0.25) is 0 Å². The molecule has 0 saturated heterocycles. The first kappa shape index (κ1) is 19.1. The van der Waals surface area contributed by atoms with Gasteiger partial charge in [-0.3, -0.25) is 8.71 Å². The van der Waals surface area contributed by atoms with Crippen molar-refractivity contribution < 1.29 is 8.42 Å². The highest BCUT2D eigenvalue weighted by Crippen LogP contribution is 2.28. The molecule has 0 saturated carbocycles. The molecule has 0 N–H and O–H groups in total. The minimum Gasteiger partial charge on any atom is -0.286 e. The number of hydrogen-bond acceptors (Lipinski definition) is 4. The smallest absolute Gasteiger partial charge is 0.268 e. The second-order valence-electron chi connectivity index (χ2n) is 7.15. The molecule has 29 heavy (non-hydrogen) atoms. The fraction of sp³-hybridized carbons (Fsp3) is 0.182. The lowest BCUT2D eigenvalue weighted by Gasteiger charge is -2.25. The maximum absolute atomic E-state index is 13.8. The predicted molar refractivity (Wildman–Crippen MR) is 113 cm³/mol. The Morgan fingerprint density at radius 3 is 2.38 bits per heavy atom. The van der Waals surface area contributed by atoms with Crippen molar-refractivity contribution in [2.24, 2.45) is 0 Å². The Kier molecular flexibility index (Phi) is 4.84. The molecule has 0 aliphatic rings. The van der Waals surface area contributed by atoms with Crippen LogP contribution in [0.3, 0.4) is 0 Å². The monoisotopic (exact) mass is 406 g/mol. The Labute approximate surface area is 170 Å². The Bertz CT molecular complexity index is 1280. The number of aryl methyl sites for hydroxylation is 3. The van der Waals surface area contributed by atoms with E-state index in [0.29, 0.717) is 17.2 Å². The van der Waals surface area contributed by atoms with Crippen molar-refractivity contribution in [1.29, 1.82) is 0 Å². The average molecular weight is 407 g/mol. The van der Waals surface area contributed by atoms with Crippen LogP contribution in [0.25, 0.3) is 5.65 Å². The number of pyridine rings is 1. The Morgan fingerprint density at radius 2 is 1.66 bits per heavy atom. The molecular weight excluding hydrogens is 384 g/mol. The lowest BCUT2D eigenvalue weighted by molar-refractivity contribution is 0.590. The summed E-state index contributed by atoms with van der Waals surface area (Å²) in [7, 11) is -3.88. The van der Waals surface area contributed by atoms with Crippen LogP contribution in [-0.2, 0) is 16.6 Å². The van der Waals surface area contributed by atoms with E-state index in [-0.39, 0.29) is 11.4 Å². The fourth-order valence-electron chi connectivity index (χ4n) is 3.33. The van der Waals surface area contributed by atoms with E-state index in [1.807, 2.05) is 62.4 Å². The van der Waals surface area contributed by atoms with Crippen LogP contribution in [-0.4, -0.2) is 23.0 Å². The van der Waals surface area contributed by atoms with Crippen molar-refractivity contribution in [3.8, 4) is 0 Å². The second-order valence-corrected chi connectivity index (χ2v) is 8.98. The molecule has 0 atom stereocenters. The van der Waals surface area contributed by atoms with Gasteiger partial charge in [-0.05, 0) is 50.6 Å². The van der Waals surface area contributed by atoms with Gasteiger partial charge < -0.3 is 0 Å². The molecule has 0 radical (unpaired) electrons. The van der Waals surface area contributed by atoms with Gasteiger partial charge in [0, 0.05) is 6.20 Å². The number of anilines is 1. The van der Waals surface area contributed by atoms with E-state index in [4.69, 9.17) is 0 Å². The van der Waals surface area contributed by atoms with Crippen molar-refractivity contribution in [1.82, 2.24) is 14.6 Å². The highest BCUT2D eigenvalue weighted by Gasteiger charge is 2.28. The first-order valence-electron chi connectivity index (χ1n) is 9.31. The van der Waals surface area contributed by atoms with E-state index in [9.17, 15) is 8.42 Å². The zero-order valence-corrected chi connectivity index (χ0v) is 17.4.